The van der Waals surface area contributed by atoms with Gasteiger partial charge in [-0.05, 0) is 19.9 Å². The van der Waals surface area contributed by atoms with E-state index in [0.29, 0.717) is 12.6 Å². The van der Waals surface area contributed by atoms with Crippen LogP contribution in [-0.4, -0.2) is 41.3 Å². The van der Waals surface area contributed by atoms with Crippen LogP contribution in [0.25, 0.3) is 0 Å². The molecule has 13 heavy (non-hydrogen) atoms. The highest BCUT2D eigenvalue weighted by atomic mass is 35.5. The van der Waals surface area contributed by atoms with Crippen LogP contribution in [0, 0.1) is 0 Å². The molecule has 1 amide bonds. The number of hydrogen-bond acceptors (Lipinski definition) is 2. The van der Waals surface area contributed by atoms with Crippen LogP contribution in [0.2, 0.25) is 0 Å². The van der Waals surface area contributed by atoms with Crippen molar-refractivity contribution in [3.63, 3.8) is 0 Å². The summed E-state index contributed by atoms with van der Waals surface area (Å²) in [6, 6.07) is 0.318. The molecule has 1 atom stereocenters. The fourth-order valence-corrected chi connectivity index (χ4v) is 1.72. The molecule has 0 aromatic rings. The number of hydrogen-bond donors (Lipinski definition) is 1. The standard InChI is InChI=1S/C8H14Cl2N2O/c1-6-5-12(4-2-3-11-6)8(13)7(9)10/h6-7,11H,2-5H2,1H3. The maximum absolute atomic E-state index is 11.4. The van der Waals surface area contributed by atoms with Crippen molar-refractivity contribution in [2.75, 3.05) is 19.6 Å². The molecule has 0 aliphatic carbocycles. The van der Waals surface area contributed by atoms with Gasteiger partial charge in [-0.2, -0.15) is 0 Å². The molecule has 1 N–H and O–H groups in total. The Hall–Kier alpha value is 0.01000. The maximum Gasteiger partial charge on any atom is 0.255 e. The van der Waals surface area contributed by atoms with E-state index in [1.165, 1.54) is 0 Å². The highest BCUT2D eigenvalue weighted by Crippen LogP contribution is 2.09. The van der Waals surface area contributed by atoms with Gasteiger partial charge < -0.3 is 10.2 Å². The zero-order chi connectivity index (χ0) is 9.84. The lowest BCUT2D eigenvalue weighted by Gasteiger charge is -2.22. The number of rotatable bonds is 1. The molecule has 0 aromatic carbocycles. The second-order valence-corrected chi connectivity index (χ2v) is 4.39. The zero-order valence-corrected chi connectivity index (χ0v) is 9.11. The summed E-state index contributed by atoms with van der Waals surface area (Å²) >= 11 is 11.0. The molecule has 1 rings (SSSR count). The summed E-state index contributed by atoms with van der Waals surface area (Å²) in [5.74, 6) is -0.182. The largest absolute Gasteiger partial charge is 0.339 e. The van der Waals surface area contributed by atoms with E-state index in [0.717, 1.165) is 19.5 Å². The predicted molar refractivity (Wildman–Crippen MR) is 54.2 cm³/mol. The van der Waals surface area contributed by atoms with E-state index in [1.54, 1.807) is 4.90 Å². The average Bonchev–Trinajstić information content (AvgIpc) is 2.28. The quantitative estimate of drug-likeness (QED) is 0.675. The van der Waals surface area contributed by atoms with Crippen LogP contribution < -0.4 is 5.32 Å². The minimum absolute atomic E-state index is 0.182. The van der Waals surface area contributed by atoms with E-state index in [1.807, 2.05) is 6.92 Å². The number of carbonyl (C=O) groups excluding carboxylic acids is 1. The fourth-order valence-electron chi connectivity index (χ4n) is 1.44. The molecule has 1 aliphatic heterocycles. The molecule has 1 fully saturated rings. The highest BCUT2D eigenvalue weighted by molar-refractivity contribution is 6.53. The van der Waals surface area contributed by atoms with Gasteiger partial charge in [0.15, 0.2) is 4.84 Å². The molecule has 1 unspecified atom stereocenters. The van der Waals surface area contributed by atoms with Gasteiger partial charge in [0.2, 0.25) is 0 Å². The van der Waals surface area contributed by atoms with Gasteiger partial charge in [0.25, 0.3) is 5.91 Å². The molecule has 1 saturated heterocycles. The summed E-state index contributed by atoms with van der Waals surface area (Å²) in [7, 11) is 0. The minimum atomic E-state index is -0.926. The van der Waals surface area contributed by atoms with E-state index in [2.05, 4.69) is 5.32 Å². The molecule has 0 saturated carbocycles. The maximum atomic E-state index is 11.4. The molecule has 1 heterocycles. The molecule has 0 bridgehead atoms. The molecule has 5 heteroatoms. The van der Waals surface area contributed by atoms with E-state index < -0.39 is 4.84 Å². The van der Waals surface area contributed by atoms with Gasteiger partial charge in [-0.25, -0.2) is 0 Å². The predicted octanol–water partition coefficient (Wildman–Crippen LogP) is 1.00. The molecule has 1 aliphatic rings. The lowest BCUT2D eigenvalue weighted by molar-refractivity contribution is -0.129. The van der Waals surface area contributed by atoms with Crippen molar-refractivity contribution in [1.82, 2.24) is 10.2 Å². The van der Waals surface area contributed by atoms with Crippen molar-refractivity contribution in [2.24, 2.45) is 0 Å². The van der Waals surface area contributed by atoms with Crippen molar-refractivity contribution in [3.05, 3.63) is 0 Å². The smallest absolute Gasteiger partial charge is 0.255 e. The Labute approximate surface area is 88.4 Å². The van der Waals surface area contributed by atoms with Crippen LogP contribution >= 0.6 is 23.2 Å². The summed E-state index contributed by atoms with van der Waals surface area (Å²) in [5, 5.41) is 3.29. The van der Waals surface area contributed by atoms with Crippen LogP contribution in [0.15, 0.2) is 0 Å². The van der Waals surface area contributed by atoms with Crippen molar-refractivity contribution in [2.45, 2.75) is 24.2 Å². The molecular weight excluding hydrogens is 211 g/mol. The van der Waals surface area contributed by atoms with E-state index in [-0.39, 0.29) is 5.91 Å². The summed E-state index contributed by atoms with van der Waals surface area (Å²) in [4.78, 5) is 12.2. The summed E-state index contributed by atoms with van der Waals surface area (Å²) in [6.07, 6.45) is 0.955. The third-order valence-electron chi connectivity index (χ3n) is 2.09. The first kappa shape index (κ1) is 11.1. The first-order valence-corrected chi connectivity index (χ1v) is 5.29. The normalized spacial score (nSPS) is 24.6. The van der Waals surface area contributed by atoms with Crippen molar-refractivity contribution < 1.29 is 4.79 Å². The summed E-state index contributed by atoms with van der Waals surface area (Å²) < 4.78 is 0. The topological polar surface area (TPSA) is 32.3 Å². The number of amides is 1. The Balaban J connectivity index is 2.52. The van der Waals surface area contributed by atoms with Gasteiger partial charge in [-0.3, -0.25) is 4.79 Å². The Bertz CT molecular complexity index is 187. The molecule has 3 nitrogen and oxygen atoms in total. The third-order valence-corrected chi connectivity index (χ3v) is 2.46. The monoisotopic (exact) mass is 224 g/mol. The number of carbonyl (C=O) groups is 1. The minimum Gasteiger partial charge on any atom is -0.339 e. The molecule has 76 valence electrons. The van der Waals surface area contributed by atoms with Crippen molar-refractivity contribution >= 4 is 29.1 Å². The molecule has 0 radical (unpaired) electrons. The van der Waals surface area contributed by atoms with Crippen LogP contribution in [-0.2, 0) is 4.79 Å². The van der Waals surface area contributed by atoms with Gasteiger partial charge in [0, 0.05) is 19.1 Å². The lowest BCUT2D eigenvalue weighted by Crippen LogP contribution is -2.41. The van der Waals surface area contributed by atoms with Crippen molar-refractivity contribution in [1.29, 1.82) is 0 Å². The highest BCUT2D eigenvalue weighted by Gasteiger charge is 2.23. The third kappa shape index (κ3) is 3.33. The van der Waals surface area contributed by atoms with E-state index in [9.17, 15) is 4.79 Å². The van der Waals surface area contributed by atoms with E-state index in [4.69, 9.17) is 23.2 Å². The second-order valence-electron chi connectivity index (χ2n) is 3.29. The Morgan fingerprint density at radius 2 is 2.31 bits per heavy atom. The Morgan fingerprint density at radius 1 is 1.62 bits per heavy atom. The fraction of sp³-hybridized carbons (Fsp3) is 0.875. The number of nitrogens with one attached hydrogen (secondary N) is 1. The van der Waals surface area contributed by atoms with Gasteiger partial charge >= 0.3 is 0 Å². The average molecular weight is 225 g/mol. The Morgan fingerprint density at radius 3 is 2.92 bits per heavy atom. The second kappa shape index (κ2) is 5.03. The molecular formula is C8H14Cl2N2O. The summed E-state index contributed by atoms with van der Waals surface area (Å²) in [5.41, 5.74) is 0. The lowest BCUT2D eigenvalue weighted by atomic mass is 10.3. The van der Waals surface area contributed by atoms with Gasteiger partial charge in [0.1, 0.15) is 0 Å². The number of nitrogens with zero attached hydrogens (tertiary/aromatic N) is 1. The molecule has 0 aromatic heterocycles. The number of halogens is 2. The first-order chi connectivity index (χ1) is 6.11. The van der Waals surface area contributed by atoms with Crippen LogP contribution in [0.1, 0.15) is 13.3 Å². The van der Waals surface area contributed by atoms with Crippen LogP contribution in [0.4, 0.5) is 0 Å². The summed E-state index contributed by atoms with van der Waals surface area (Å²) in [6.45, 7) is 4.42. The molecule has 0 spiro atoms. The number of alkyl halides is 2. The zero-order valence-electron chi connectivity index (χ0n) is 7.59. The van der Waals surface area contributed by atoms with Crippen LogP contribution in [0.3, 0.4) is 0 Å². The Kier molecular flexibility index (Phi) is 4.29. The SMILES string of the molecule is CC1CN(C(=O)C(Cl)Cl)CCCN1. The van der Waals surface area contributed by atoms with Gasteiger partial charge in [-0.1, -0.05) is 23.2 Å². The van der Waals surface area contributed by atoms with Gasteiger partial charge in [0.05, 0.1) is 0 Å². The van der Waals surface area contributed by atoms with E-state index >= 15 is 0 Å². The van der Waals surface area contributed by atoms with Crippen LogP contribution in [0.5, 0.6) is 0 Å². The van der Waals surface area contributed by atoms with Gasteiger partial charge in [-0.15, -0.1) is 0 Å². The first-order valence-electron chi connectivity index (χ1n) is 4.41. The van der Waals surface area contributed by atoms with Crippen molar-refractivity contribution in [3.8, 4) is 0 Å².